The second-order valence-electron chi connectivity index (χ2n) is 3.43. The van der Waals surface area contributed by atoms with Crippen molar-refractivity contribution in [3.8, 4) is 0 Å². The smallest absolute Gasteiger partial charge is 0.330 e. The molecule has 0 saturated heterocycles. The Morgan fingerprint density at radius 2 is 2.18 bits per heavy atom. The maximum atomic E-state index is 11.4. The zero-order chi connectivity index (χ0) is 12.7. The first-order chi connectivity index (χ1) is 8.13. The van der Waals surface area contributed by atoms with E-state index in [1.807, 2.05) is 30.3 Å². The molecule has 0 bridgehead atoms. The van der Waals surface area contributed by atoms with E-state index < -0.39 is 12.0 Å². The summed E-state index contributed by atoms with van der Waals surface area (Å²) >= 11 is 0. The Balaban J connectivity index is 2.39. The molecule has 92 valence electrons. The van der Waals surface area contributed by atoms with Crippen LogP contribution < -0.4 is 5.73 Å². The number of hydrogen-bond acceptors (Lipinski definition) is 5. The Morgan fingerprint density at radius 1 is 1.53 bits per heavy atom. The largest absolute Gasteiger partial charge is 0.600 e. The van der Waals surface area contributed by atoms with E-state index in [0.29, 0.717) is 4.86 Å². The fraction of sp³-hybridized carbons (Fsp3) is 0.364. The number of benzene rings is 1. The van der Waals surface area contributed by atoms with Gasteiger partial charge in [-0.2, -0.15) is 0 Å². The van der Waals surface area contributed by atoms with Crippen molar-refractivity contribution in [2.45, 2.75) is 12.6 Å². The van der Waals surface area contributed by atoms with E-state index in [1.54, 1.807) is 0 Å². The Bertz CT molecular complexity index is 392. The molecule has 0 aliphatic heterocycles. The molecule has 6 nitrogen and oxygen atoms in total. The summed E-state index contributed by atoms with van der Waals surface area (Å²) in [4.78, 5) is 11.8. The average molecular weight is 237 g/mol. The Hall–Kier alpha value is -1.95. The summed E-state index contributed by atoms with van der Waals surface area (Å²) in [5.41, 5.74) is 6.35. The highest BCUT2D eigenvalue weighted by molar-refractivity contribution is 5.75. The second kappa shape index (κ2) is 6.59. The summed E-state index contributed by atoms with van der Waals surface area (Å²) in [6, 6.07) is 8.24. The fourth-order valence-electron chi connectivity index (χ4n) is 1.16. The number of hydroxylamine groups is 1. The van der Waals surface area contributed by atoms with Gasteiger partial charge in [0.05, 0.1) is 7.05 Å². The summed E-state index contributed by atoms with van der Waals surface area (Å²) in [6.45, 7) is -0.0559. The van der Waals surface area contributed by atoms with Gasteiger partial charge in [-0.3, -0.25) is 4.79 Å². The lowest BCUT2D eigenvalue weighted by atomic mass is 10.2. The standard InChI is InChI=1S/C11H15N3O3/c1-13-14(16)7-10(12)11(15)17-8-9-5-3-2-4-6-9/h2-6,10H,7-8,12H2,1H3/t10-/m0/s1. The SMILES string of the molecule is CN=[N+]([O-])C[C@H](N)C(=O)OCc1ccccc1. The van der Waals surface area contributed by atoms with Gasteiger partial charge < -0.3 is 15.7 Å². The fourth-order valence-corrected chi connectivity index (χ4v) is 1.16. The van der Waals surface area contributed by atoms with Crippen molar-refractivity contribution >= 4 is 5.97 Å². The van der Waals surface area contributed by atoms with E-state index in [0.717, 1.165) is 5.56 Å². The topological polar surface area (TPSA) is 90.8 Å². The normalized spacial score (nSPS) is 13.2. The molecule has 0 aromatic heterocycles. The summed E-state index contributed by atoms with van der Waals surface area (Å²) in [5, 5.41) is 14.2. The van der Waals surface area contributed by atoms with Crippen LogP contribution in [-0.4, -0.2) is 30.5 Å². The van der Waals surface area contributed by atoms with Crippen molar-refractivity contribution in [3.05, 3.63) is 41.1 Å². The average Bonchev–Trinajstić information content (AvgIpc) is 2.36. The molecule has 0 radical (unpaired) electrons. The van der Waals surface area contributed by atoms with Crippen LogP contribution in [0.15, 0.2) is 35.4 Å². The molecular formula is C11H15N3O3. The molecule has 0 spiro atoms. The Kier molecular flexibility index (Phi) is 5.09. The Morgan fingerprint density at radius 3 is 2.76 bits per heavy atom. The molecule has 0 aliphatic rings. The zero-order valence-corrected chi connectivity index (χ0v) is 9.57. The van der Waals surface area contributed by atoms with Gasteiger partial charge in [0.2, 0.25) is 6.54 Å². The van der Waals surface area contributed by atoms with Gasteiger partial charge in [-0.1, -0.05) is 35.2 Å². The van der Waals surface area contributed by atoms with Crippen LogP contribution in [0.5, 0.6) is 0 Å². The van der Waals surface area contributed by atoms with Gasteiger partial charge in [-0.15, -0.1) is 0 Å². The predicted octanol–water partition coefficient (Wildman–Crippen LogP) is 0.649. The van der Waals surface area contributed by atoms with Gasteiger partial charge in [0, 0.05) is 0 Å². The molecule has 0 saturated carbocycles. The van der Waals surface area contributed by atoms with E-state index in [4.69, 9.17) is 10.5 Å². The lowest BCUT2D eigenvalue weighted by molar-refractivity contribution is -0.529. The van der Waals surface area contributed by atoms with Gasteiger partial charge >= 0.3 is 5.97 Å². The summed E-state index contributed by atoms with van der Waals surface area (Å²) in [6.07, 6.45) is 0. The molecule has 0 amide bonds. The van der Waals surface area contributed by atoms with E-state index in [1.165, 1.54) is 7.05 Å². The molecule has 0 unspecified atom stereocenters. The van der Waals surface area contributed by atoms with Gasteiger partial charge in [-0.25, -0.2) is 0 Å². The van der Waals surface area contributed by atoms with E-state index in [2.05, 4.69) is 5.11 Å². The highest BCUT2D eigenvalue weighted by atomic mass is 16.5. The molecule has 0 heterocycles. The molecule has 1 aromatic rings. The molecule has 1 aromatic carbocycles. The van der Waals surface area contributed by atoms with Crippen molar-refractivity contribution < 1.29 is 14.4 Å². The highest BCUT2D eigenvalue weighted by Gasteiger charge is 2.19. The number of hydrogen-bond donors (Lipinski definition) is 1. The zero-order valence-electron chi connectivity index (χ0n) is 9.57. The van der Waals surface area contributed by atoms with Gasteiger partial charge in [0.25, 0.3) is 0 Å². The third-order valence-corrected chi connectivity index (χ3v) is 2.10. The minimum absolute atomic E-state index is 0.148. The van der Waals surface area contributed by atoms with E-state index >= 15 is 0 Å². The maximum Gasteiger partial charge on any atom is 0.330 e. The molecule has 1 rings (SSSR count). The summed E-state index contributed by atoms with van der Waals surface area (Å²) < 4.78 is 4.96. The third kappa shape index (κ3) is 4.60. The number of azo groups is 1. The third-order valence-electron chi connectivity index (χ3n) is 2.10. The predicted molar refractivity (Wildman–Crippen MR) is 61.1 cm³/mol. The van der Waals surface area contributed by atoms with Crippen molar-refractivity contribution in [1.82, 2.24) is 0 Å². The van der Waals surface area contributed by atoms with E-state index in [9.17, 15) is 10.0 Å². The molecule has 6 heteroatoms. The van der Waals surface area contributed by atoms with Crippen molar-refractivity contribution in [2.75, 3.05) is 13.6 Å². The number of nitrogens with two attached hydrogens (primary N) is 1. The van der Waals surface area contributed by atoms with Gasteiger partial charge in [0.1, 0.15) is 6.61 Å². The van der Waals surface area contributed by atoms with Gasteiger partial charge in [-0.05, 0) is 10.7 Å². The van der Waals surface area contributed by atoms with Crippen LogP contribution in [0.25, 0.3) is 0 Å². The van der Waals surface area contributed by atoms with Crippen LogP contribution in [0.1, 0.15) is 5.56 Å². The van der Waals surface area contributed by atoms with Crippen LogP contribution in [-0.2, 0) is 16.1 Å². The first-order valence-electron chi connectivity index (χ1n) is 5.14. The lowest BCUT2D eigenvalue weighted by Gasteiger charge is -2.09. The minimum atomic E-state index is -0.986. The van der Waals surface area contributed by atoms with Crippen molar-refractivity contribution in [1.29, 1.82) is 0 Å². The molecule has 0 aliphatic carbocycles. The maximum absolute atomic E-state index is 11.4. The van der Waals surface area contributed by atoms with Crippen LogP contribution in [0.4, 0.5) is 0 Å². The molecule has 17 heavy (non-hydrogen) atoms. The quantitative estimate of drug-likeness (QED) is 0.352. The molecule has 2 N–H and O–H groups in total. The molecule has 1 atom stereocenters. The molecular weight excluding hydrogens is 222 g/mol. The Labute approximate surface area is 99.3 Å². The van der Waals surface area contributed by atoms with Crippen LogP contribution in [0.2, 0.25) is 0 Å². The van der Waals surface area contributed by atoms with Crippen molar-refractivity contribution in [3.63, 3.8) is 0 Å². The van der Waals surface area contributed by atoms with Crippen LogP contribution in [0, 0.1) is 5.21 Å². The number of nitrogens with zero attached hydrogens (tertiary/aromatic N) is 2. The van der Waals surface area contributed by atoms with Gasteiger partial charge in [0.15, 0.2) is 6.04 Å². The summed E-state index contributed by atoms with van der Waals surface area (Å²) in [7, 11) is 1.33. The number of rotatable bonds is 5. The number of ether oxygens (including phenoxy) is 1. The van der Waals surface area contributed by atoms with E-state index in [-0.39, 0.29) is 13.2 Å². The number of esters is 1. The monoisotopic (exact) mass is 237 g/mol. The number of carbonyl (C=O) groups is 1. The first-order valence-corrected chi connectivity index (χ1v) is 5.14. The second-order valence-corrected chi connectivity index (χ2v) is 3.43. The van der Waals surface area contributed by atoms with Crippen LogP contribution in [0.3, 0.4) is 0 Å². The van der Waals surface area contributed by atoms with Crippen molar-refractivity contribution in [2.24, 2.45) is 10.8 Å². The first kappa shape index (κ1) is 13.1. The lowest BCUT2D eigenvalue weighted by Crippen LogP contribution is -2.38. The molecule has 0 fully saturated rings. The number of carbonyl (C=O) groups excluding carboxylic acids is 1. The summed E-state index contributed by atoms with van der Waals surface area (Å²) in [5.74, 6) is -0.613. The minimum Gasteiger partial charge on any atom is -0.600 e. The highest BCUT2D eigenvalue weighted by Crippen LogP contribution is 2.01. The van der Waals surface area contributed by atoms with Crippen LogP contribution >= 0.6 is 0 Å².